The van der Waals surface area contributed by atoms with Crippen LogP contribution in [0.4, 0.5) is 11.5 Å². The van der Waals surface area contributed by atoms with E-state index in [2.05, 4.69) is 20.3 Å². The van der Waals surface area contributed by atoms with E-state index in [1.165, 1.54) is 11.8 Å². The summed E-state index contributed by atoms with van der Waals surface area (Å²) in [7, 11) is 0. The van der Waals surface area contributed by atoms with E-state index in [-0.39, 0.29) is 0 Å². The van der Waals surface area contributed by atoms with Gasteiger partial charge in [0.25, 0.3) is 5.91 Å². The zero-order valence-corrected chi connectivity index (χ0v) is 13.7. The van der Waals surface area contributed by atoms with Crippen LogP contribution >= 0.6 is 11.8 Å². The summed E-state index contributed by atoms with van der Waals surface area (Å²) in [5.74, 6) is -0.0891. The fourth-order valence-corrected chi connectivity index (χ4v) is 2.45. The minimum absolute atomic E-state index is 0.343. The summed E-state index contributed by atoms with van der Waals surface area (Å²) < 4.78 is 0. The number of thioether (sulfide) groups is 1. The second kappa shape index (κ2) is 7.22. The number of carbonyl (C=O) groups is 1. The molecule has 0 spiro atoms. The Balaban J connectivity index is 2.49. The number of amides is 1. The van der Waals surface area contributed by atoms with Gasteiger partial charge < -0.3 is 11.1 Å². The maximum absolute atomic E-state index is 11.8. The molecule has 0 aliphatic rings. The number of hydrogen-bond acceptors (Lipinski definition) is 6. The Bertz CT molecular complexity index is 690. The van der Waals surface area contributed by atoms with E-state index >= 15 is 0 Å². The number of anilines is 2. The van der Waals surface area contributed by atoms with Gasteiger partial charge in [-0.1, -0.05) is 25.6 Å². The highest BCUT2D eigenvalue weighted by Crippen LogP contribution is 2.24. The van der Waals surface area contributed by atoms with Crippen LogP contribution in [0.1, 0.15) is 35.6 Å². The molecule has 2 aromatic heterocycles. The molecular weight excluding hydrogens is 298 g/mol. The molecular formula is C15H19N5OS. The topological polar surface area (TPSA) is 93.8 Å². The van der Waals surface area contributed by atoms with E-state index in [4.69, 9.17) is 5.73 Å². The van der Waals surface area contributed by atoms with Gasteiger partial charge in [0, 0.05) is 17.6 Å². The number of aryl methyl sites for hydroxylation is 2. The molecule has 0 aromatic carbocycles. The number of primary amides is 1. The second-order valence-corrected chi connectivity index (χ2v) is 5.39. The van der Waals surface area contributed by atoms with Crippen molar-refractivity contribution in [3.63, 3.8) is 0 Å². The summed E-state index contributed by atoms with van der Waals surface area (Å²) in [6.07, 6.45) is 5.06. The molecule has 0 aliphatic heterocycles. The van der Waals surface area contributed by atoms with Gasteiger partial charge in [0.2, 0.25) is 0 Å². The standard InChI is InChI=1S/C15H19N5OS/c1-4-9-8-10(6-7-17-9)18-14-12(13(16)21)11(5-2)19-15(20-14)22-3/h6-8H,4-5H2,1-3H3,(H2,16,21)(H,17,18,19,20). The predicted molar refractivity (Wildman–Crippen MR) is 88.6 cm³/mol. The molecule has 116 valence electrons. The quantitative estimate of drug-likeness (QED) is 0.628. The summed E-state index contributed by atoms with van der Waals surface area (Å²) in [5, 5.41) is 3.78. The molecule has 0 unspecified atom stereocenters. The number of aromatic nitrogens is 3. The van der Waals surface area contributed by atoms with Crippen molar-refractivity contribution in [2.24, 2.45) is 5.73 Å². The van der Waals surface area contributed by atoms with Crippen molar-refractivity contribution in [1.82, 2.24) is 15.0 Å². The van der Waals surface area contributed by atoms with Gasteiger partial charge in [0.1, 0.15) is 11.4 Å². The first kappa shape index (κ1) is 16.2. The molecule has 3 N–H and O–H groups in total. The number of carbonyl (C=O) groups excluding carboxylic acids is 1. The van der Waals surface area contributed by atoms with Gasteiger partial charge in [-0.25, -0.2) is 9.97 Å². The van der Waals surface area contributed by atoms with E-state index in [0.717, 1.165) is 17.8 Å². The lowest BCUT2D eigenvalue weighted by molar-refractivity contribution is 0.0999. The molecule has 0 bridgehead atoms. The van der Waals surface area contributed by atoms with Crippen molar-refractivity contribution in [1.29, 1.82) is 0 Å². The molecule has 0 saturated heterocycles. The summed E-state index contributed by atoms with van der Waals surface area (Å²) in [4.78, 5) is 24.8. The number of nitrogens with zero attached hydrogens (tertiary/aromatic N) is 3. The fourth-order valence-electron chi connectivity index (χ4n) is 2.07. The van der Waals surface area contributed by atoms with Gasteiger partial charge in [-0.2, -0.15) is 0 Å². The molecule has 1 amide bonds. The highest BCUT2D eigenvalue weighted by Gasteiger charge is 2.18. The Hall–Kier alpha value is -2.15. The van der Waals surface area contributed by atoms with Crippen LogP contribution in [0.25, 0.3) is 0 Å². The molecule has 22 heavy (non-hydrogen) atoms. The number of pyridine rings is 1. The molecule has 0 atom stereocenters. The third-order valence-electron chi connectivity index (χ3n) is 3.17. The zero-order chi connectivity index (χ0) is 16.1. The monoisotopic (exact) mass is 317 g/mol. The number of rotatable bonds is 6. The molecule has 0 radical (unpaired) electrons. The van der Waals surface area contributed by atoms with Gasteiger partial charge >= 0.3 is 0 Å². The van der Waals surface area contributed by atoms with E-state index in [0.29, 0.717) is 28.7 Å². The van der Waals surface area contributed by atoms with Crippen LogP contribution in [0.15, 0.2) is 23.5 Å². The number of nitrogens with two attached hydrogens (primary N) is 1. The average molecular weight is 317 g/mol. The van der Waals surface area contributed by atoms with Crippen molar-refractivity contribution in [2.75, 3.05) is 11.6 Å². The van der Waals surface area contributed by atoms with Crippen molar-refractivity contribution in [2.45, 2.75) is 31.8 Å². The van der Waals surface area contributed by atoms with Crippen molar-refractivity contribution in [3.05, 3.63) is 35.3 Å². The lowest BCUT2D eigenvalue weighted by atomic mass is 10.1. The smallest absolute Gasteiger partial charge is 0.254 e. The van der Waals surface area contributed by atoms with Gasteiger partial charge in [-0.3, -0.25) is 9.78 Å². The van der Waals surface area contributed by atoms with Crippen LogP contribution < -0.4 is 11.1 Å². The van der Waals surface area contributed by atoms with Crippen LogP contribution in [-0.2, 0) is 12.8 Å². The van der Waals surface area contributed by atoms with Crippen molar-refractivity contribution in [3.8, 4) is 0 Å². The Morgan fingerprint density at radius 1 is 1.32 bits per heavy atom. The number of hydrogen-bond donors (Lipinski definition) is 2. The summed E-state index contributed by atoms with van der Waals surface area (Å²) in [5.41, 5.74) is 8.29. The largest absolute Gasteiger partial charge is 0.365 e. The first-order chi connectivity index (χ1) is 10.6. The Morgan fingerprint density at radius 2 is 2.09 bits per heavy atom. The van der Waals surface area contributed by atoms with Crippen molar-refractivity contribution < 1.29 is 4.79 Å². The first-order valence-electron chi connectivity index (χ1n) is 7.05. The molecule has 7 heteroatoms. The molecule has 0 aliphatic carbocycles. The van der Waals surface area contributed by atoms with E-state index in [1.54, 1.807) is 6.20 Å². The van der Waals surface area contributed by atoms with Gasteiger partial charge in [0.15, 0.2) is 5.16 Å². The Morgan fingerprint density at radius 3 is 2.68 bits per heavy atom. The SMILES string of the molecule is CCc1cc(Nc2nc(SC)nc(CC)c2C(N)=O)ccn1. The second-order valence-electron chi connectivity index (χ2n) is 4.61. The van der Waals surface area contributed by atoms with Gasteiger partial charge in [-0.05, 0) is 31.2 Å². The van der Waals surface area contributed by atoms with Crippen LogP contribution in [-0.4, -0.2) is 27.1 Å². The third-order valence-corrected chi connectivity index (χ3v) is 3.72. The van der Waals surface area contributed by atoms with Crippen LogP contribution in [0.3, 0.4) is 0 Å². The summed E-state index contributed by atoms with van der Waals surface area (Å²) >= 11 is 1.42. The lowest BCUT2D eigenvalue weighted by Crippen LogP contribution is -2.18. The van der Waals surface area contributed by atoms with E-state index in [9.17, 15) is 4.79 Å². The molecule has 0 saturated carbocycles. The highest BCUT2D eigenvalue weighted by molar-refractivity contribution is 7.98. The van der Waals surface area contributed by atoms with Crippen LogP contribution in [0.2, 0.25) is 0 Å². The zero-order valence-electron chi connectivity index (χ0n) is 12.9. The molecule has 0 fully saturated rings. The average Bonchev–Trinajstić information content (AvgIpc) is 2.53. The minimum atomic E-state index is -0.531. The molecule has 2 aromatic rings. The first-order valence-corrected chi connectivity index (χ1v) is 8.28. The third kappa shape index (κ3) is 3.54. The van der Waals surface area contributed by atoms with Crippen LogP contribution in [0, 0.1) is 0 Å². The number of nitrogens with one attached hydrogen (secondary N) is 1. The molecule has 6 nitrogen and oxygen atoms in total. The van der Waals surface area contributed by atoms with Gasteiger partial charge in [-0.15, -0.1) is 0 Å². The van der Waals surface area contributed by atoms with E-state index in [1.807, 2.05) is 32.2 Å². The Kier molecular flexibility index (Phi) is 5.32. The van der Waals surface area contributed by atoms with Crippen molar-refractivity contribution >= 4 is 29.2 Å². The minimum Gasteiger partial charge on any atom is -0.365 e. The summed E-state index contributed by atoms with van der Waals surface area (Å²) in [6, 6.07) is 3.76. The molecule has 2 rings (SSSR count). The fraction of sp³-hybridized carbons (Fsp3) is 0.333. The lowest BCUT2D eigenvalue weighted by Gasteiger charge is -2.13. The normalized spacial score (nSPS) is 10.5. The predicted octanol–water partition coefficient (Wildman–Crippen LogP) is 2.56. The van der Waals surface area contributed by atoms with E-state index < -0.39 is 5.91 Å². The van der Waals surface area contributed by atoms with Crippen LogP contribution in [0.5, 0.6) is 0 Å². The maximum Gasteiger partial charge on any atom is 0.254 e. The summed E-state index contributed by atoms with van der Waals surface area (Å²) in [6.45, 7) is 3.97. The Labute approximate surface area is 134 Å². The maximum atomic E-state index is 11.8. The van der Waals surface area contributed by atoms with Gasteiger partial charge in [0.05, 0.1) is 5.69 Å². The molecule has 2 heterocycles. The highest BCUT2D eigenvalue weighted by atomic mass is 32.2.